The molecule has 0 bridgehead atoms. The van der Waals surface area contributed by atoms with Gasteiger partial charge in [-0.05, 0) is 17.7 Å². The number of benzene rings is 1. The van der Waals surface area contributed by atoms with E-state index in [1.807, 2.05) is 18.2 Å². The number of nitrogens with zero attached hydrogens (tertiary/aromatic N) is 2. The van der Waals surface area contributed by atoms with Crippen molar-refractivity contribution in [1.29, 1.82) is 5.26 Å². The van der Waals surface area contributed by atoms with Crippen LogP contribution in [0.15, 0.2) is 41.4 Å². The van der Waals surface area contributed by atoms with Crippen molar-refractivity contribution >= 4 is 15.9 Å². The number of aliphatic hydroxyl groups is 2. The highest BCUT2D eigenvalue weighted by Crippen LogP contribution is 2.22. The van der Waals surface area contributed by atoms with E-state index in [0.717, 1.165) is 4.47 Å². The second kappa shape index (κ2) is 8.08. The molecular formula is C14H17BrN2O2. The fraction of sp³-hybridized carbons (Fsp3) is 0.357. The maximum absolute atomic E-state index is 10.3. The lowest BCUT2D eigenvalue weighted by Crippen LogP contribution is -2.42. The fourth-order valence-electron chi connectivity index (χ4n) is 1.87. The third-order valence-electron chi connectivity index (χ3n) is 2.87. The second-order valence-electron chi connectivity index (χ2n) is 4.12. The van der Waals surface area contributed by atoms with Crippen molar-refractivity contribution < 1.29 is 10.2 Å². The van der Waals surface area contributed by atoms with Crippen LogP contribution >= 0.6 is 15.9 Å². The van der Waals surface area contributed by atoms with Gasteiger partial charge in [-0.2, -0.15) is 5.26 Å². The second-order valence-corrected chi connectivity index (χ2v) is 5.04. The van der Waals surface area contributed by atoms with Crippen LogP contribution in [0.3, 0.4) is 0 Å². The zero-order chi connectivity index (χ0) is 14.3. The molecule has 0 aliphatic heterocycles. The van der Waals surface area contributed by atoms with E-state index in [1.54, 1.807) is 23.1 Å². The molecule has 4 nitrogen and oxygen atoms in total. The minimum Gasteiger partial charge on any atom is -0.395 e. The Morgan fingerprint density at radius 1 is 1.42 bits per heavy atom. The van der Waals surface area contributed by atoms with Crippen molar-refractivity contribution in [2.45, 2.75) is 12.1 Å². The third kappa shape index (κ3) is 4.44. The van der Waals surface area contributed by atoms with Crippen LogP contribution in [-0.2, 0) is 0 Å². The summed E-state index contributed by atoms with van der Waals surface area (Å²) in [5, 5.41) is 28.6. The van der Waals surface area contributed by atoms with Gasteiger partial charge in [0.2, 0.25) is 0 Å². The summed E-state index contributed by atoms with van der Waals surface area (Å²) in [5.41, 5.74) is 0.703. The van der Waals surface area contributed by atoms with Crippen LogP contribution in [0, 0.1) is 11.3 Å². The van der Waals surface area contributed by atoms with E-state index in [0.29, 0.717) is 12.1 Å². The number of rotatable bonds is 7. The standard InChI is InChI=1S/C14H17BrN2O2/c1-2-8-17(9-7-16)13(10-18)14(19)11-3-5-12(15)6-4-11/h2-6,13-14,18-19H,1,8-10H2/t13-,14+/m0/s1. The van der Waals surface area contributed by atoms with Crippen LogP contribution in [0.5, 0.6) is 0 Å². The number of hydrogen-bond acceptors (Lipinski definition) is 4. The van der Waals surface area contributed by atoms with E-state index >= 15 is 0 Å². The van der Waals surface area contributed by atoms with Crippen molar-refractivity contribution in [3.63, 3.8) is 0 Å². The first kappa shape index (κ1) is 15.9. The van der Waals surface area contributed by atoms with Crippen LogP contribution in [0.1, 0.15) is 11.7 Å². The summed E-state index contributed by atoms with van der Waals surface area (Å²) in [7, 11) is 0. The summed E-state index contributed by atoms with van der Waals surface area (Å²) in [6.07, 6.45) is 0.792. The van der Waals surface area contributed by atoms with Gasteiger partial charge in [0, 0.05) is 11.0 Å². The first-order chi connectivity index (χ1) is 9.13. The third-order valence-corrected chi connectivity index (χ3v) is 3.40. The van der Waals surface area contributed by atoms with Crippen molar-refractivity contribution in [3.8, 4) is 6.07 Å². The minimum absolute atomic E-state index is 0.130. The van der Waals surface area contributed by atoms with Crippen molar-refractivity contribution in [2.75, 3.05) is 19.7 Å². The average molecular weight is 325 g/mol. The smallest absolute Gasteiger partial charge is 0.0968 e. The van der Waals surface area contributed by atoms with E-state index in [-0.39, 0.29) is 13.2 Å². The van der Waals surface area contributed by atoms with Gasteiger partial charge in [-0.15, -0.1) is 6.58 Å². The molecule has 0 amide bonds. The van der Waals surface area contributed by atoms with Crippen molar-refractivity contribution in [1.82, 2.24) is 4.90 Å². The molecule has 2 N–H and O–H groups in total. The van der Waals surface area contributed by atoms with Gasteiger partial charge in [0.05, 0.1) is 31.4 Å². The lowest BCUT2D eigenvalue weighted by molar-refractivity contribution is 0.0262. The number of aliphatic hydroxyl groups excluding tert-OH is 2. The molecule has 19 heavy (non-hydrogen) atoms. The van der Waals surface area contributed by atoms with Crippen LogP contribution in [0.2, 0.25) is 0 Å². The molecule has 1 aromatic carbocycles. The van der Waals surface area contributed by atoms with Gasteiger partial charge < -0.3 is 10.2 Å². The Balaban J connectivity index is 2.90. The van der Waals surface area contributed by atoms with E-state index in [1.165, 1.54) is 0 Å². The van der Waals surface area contributed by atoms with Crippen molar-refractivity contribution in [2.24, 2.45) is 0 Å². The molecule has 0 aromatic heterocycles. The largest absolute Gasteiger partial charge is 0.395 e. The van der Waals surface area contributed by atoms with E-state index in [2.05, 4.69) is 22.5 Å². The van der Waals surface area contributed by atoms with E-state index < -0.39 is 12.1 Å². The summed E-state index contributed by atoms with van der Waals surface area (Å²) >= 11 is 3.33. The Morgan fingerprint density at radius 3 is 2.53 bits per heavy atom. The molecule has 0 unspecified atom stereocenters. The van der Waals surface area contributed by atoms with Crippen LogP contribution < -0.4 is 0 Å². The predicted molar refractivity (Wildman–Crippen MR) is 77.4 cm³/mol. The molecule has 0 heterocycles. The zero-order valence-electron chi connectivity index (χ0n) is 10.5. The first-order valence-corrected chi connectivity index (χ1v) is 6.69. The van der Waals surface area contributed by atoms with Gasteiger partial charge in [0.15, 0.2) is 0 Å². The van der Waals surface area contributed by atoms with Gasteiger partial charge in [0.25, 0.3) is 0 Å². The molecule has 0 fully saturated rings. The molecule has 0 aliphatic rings. The Morgan fingerprint density at radius 2 is 2.05 bits per heavy atom. The Bertz CT molecular complexity index is 442. The summed E-state index contributed by atoms with van der Waals surface area (Å²) in [6, 6.07) is 8.73. The summed E-state index contributed by atoms with van der Waals surface area (Å²) in [6.45, 7) is 3.96. The van der Waals surface area contributed by atoms with Gasteiger partial charge in [-0.25, -0.2) is 0 Å². The lowest BCUT2D eigenvalue weighted by atomic mass is 10.0. The zero-order valence-corrected chi connectivity index (χ0v) is 12.1. The quantitative estimate of drug-likeness (QED) is 0.593. The molecule has 0 saturated carbocycles. The van der Waals surface area contributed by atoms with Gasteiger partial charge >= 0.3 is 0 Å². The van der Waals surface area contributed by atoms with Gasteiger partial charge in [0.1, 0.15) is 0 Å². The highest BCUT2D eigenvalue weighted by Gasteiger charge is 2.25. The molecule has 102 valence electrons. The van der Waals surface area contributed by atoms with Gasteiger partial charge in [-0.3, -0.25) is 4.90 Å². The molecule has 0 radical (unpaired) electrons. The molecule has 2 atom stereocenters. The van der Waals surface area contributed by atoms with Gasteiger partial charge in [-0.1, -0.05) is 34.1 Å². The average Bonchev–Trinajstić information content (AvgIpc) is 2.40. The first-order valence-electron chi connectivity index (χ1n) is 5.90. The molecule has 1 rings (SSSR count). The summed E-state index contributed by atoms with van der Waals surface area (Å²) in [5.74, 6) is 0. The van der Waals surface area contributed by atoms with Crippen LogP contribution in [0.4, 0.5) is 0 Å². The molecule has 1 aromatic rings. The molecule has 0 aliphatic carbocycles. The number of halogens is 1. The summed E-state index contributed by atoms with van der Waals surface area (Å²) in [4.78, 5) is 1.69. The normalized spacial score (nSPS) is 13.8. The topological polar surface area (TPSA) is 67.5 Å². The molecule has 5 heteroatoms. The number of hydrogen-bond donors (Lipinski definition) is 2. The van der Waals surface area contributed by atoms with E-state index in [9.17, 15) is 10.2 Å². The lowest BCUT2D eigenvalue weighted by Gasteiger charge is -2.31. The highest BCUT2D eigenvalue weighted by molar-refractivity contribution is 9.10. The maximum atomic E-state index is 10.3. The molecular weight excluding hydrogens is 308 g/mol. The van der Waals surface area contributed by atoms with E-state index in [4.69, 9.17) is 5.26 Å². The minimum atomic E-state index is -0.855. The Labute approximate surface area is 121 Å². The SMILES string of the molecule is C=CCN(CC#N)[C@@H](CO)[C@H](O)c1ccc(Br)cc1. The van der Waals surface area contributed by atoms with Crippen LogP contribution in [-0.4, -0.2) is 40.9 Å². The maximum Gasteiger partial charge on any atom is 0.0968 e. The van der Waals surface area contributed by atoms with Crippen LogP contribution in [0.25, 0.3) is 0 Å². The summed E-state index contributed by atoms with van der Waals surface area (Å²) < 4.78 is 0.920. The number of nitriles is 1. The molecule has 0 saturated heterocycles. The Kier molecular flexibility index (Phi) is 6.74. The van der Waals surface area contributed by atoms with Crippen molar-refractivity contribution in [3.05, 3.63) is 47.0 Å². The highest BCUT2D eigenvalue weighted by atomic mass is 79.9. The monoisotopic (exact) mass is 324 g/mol. The predicted octanol–water partition coefficient (Wildman–Crippen LogP) is 1.85. The Hall–Kier alpha value is -1.19. The fourth-order valence-corrected chi connectivity index (χ4v) is 2.14. The molecule has 0 spiro atoms.